The number of nitrogens with one attached hydrogen (secondary N) is 1. The van der Waals surface area contributed by atoms with Crippen LogP contribution >= 0.6 is 0 Å². The summed E-state index contributed by atoms with van der Waals surface area (Å²) < 4.78 is 0. The van der Waals surface area contributed by atoms with E-state index in [1.165, 1.54) is 0 Å². The first-order valence-corrected chi connectivity index (χ1v) is 9.15. The predicted octanol–water partition coefficient (Wildman–Crippen LogP) is 2.28. The van der Waals surface area contributed by atoms with Crippen molar-refractivity contribution in [2.24, 2.45) is 5.92 Å². The van der Waals surface area contributed by atoms with E-state index in [1.807, 2.05) is 11.0 Å². The quantitative estimate of drug-likeness (QED) is 0.428. The van der Waals surface area contributed by atoms with Gasteiger partial charge in [-0.2, -0.15) is 0 Å². The lowest BCUT2D eigenvalue weighted by Gasteiger charge is -2.29. The number of nitrogens with zero attached hydrogens (tertiary/aromatic N) is 4. The summed E-state index contributed by atoms with van der Waals surface area (Å²) in [5, 5.41) is 10.1. The van der Waals surface area contributed by atoms with Crippen molar-refractivity contribution in [1.82, 2.24) is 24.9 Å². The summed E-state index contributed by atoms with van der Waals surface area (Å²) in [6.45, 7) is 2.74. The van der Waals surface area contributed by atoms with Crippen molar-refractivity contribution in [3.8, 4) is 0 Å². The van der Waals surface area contributed by atoms with Gasteiger partial charge < -0.3 is 9.88 Å². The third-order valence-corrected chi connectivity index (χ3v) is 4.94. The second kappa shape index (κ2) is 8.27. The molecule has 1 aliphatic heterocycles. The monoisotopic (exact) mass is 359 g/mol. The Morgan fingerprint density at radius 2 is 2.42 bits per heavy atom. The fourth-order valence-corrected chi connectivity index (χ4v) is 3.60. The van der Waals surface area contributed by atoms with E-state index >= 15 is 0 Å². The number of unbranched alkanes of at least 4 members (excludes halogenated alkanes) is 1. The van der Waals surface area contributed by atoms with E-state index in [2.05, 4.69) is 21.9 Å². The first-order valence-electron chi connectivity index (χ1n) is 9.15. The fourth-order valence-electron chi connectivity index (χ4n) is 3.60. The van der Waals surface area contributed by atoms with E-state index in [0.29, 0.717) is 24.4 Å². The van der Waals surface area contributed by atoms with Gasteiger partial charge >= 0.3 is 0 Å². The number of imidazole rings is 1. The fraction of sp³-hybridized carbons (Fsp3) is 0.556. The molecule has 2 aromatic heterocycles. The summed E-state index contributed by atoms with van der Waals surface area (Å²) in [6, 6.07) is 1.73. The number of carbonyl (C=O) groups excluding carboxylic acids is 2. The SMILES string of the molecule is CCCC[C@@H](CN(O)C=O)C(=O)N1CCC[C@H]1c1nc2ccncc2[nH]1. The summed E-state index contributed by atoms with van der Waals surface area (Å²) in [4.78, 5) is 37.7. The van der Waals surface area contributed by atoms with E-state index in [4.69, 9.17) is 0 Å². The third-order valence-electron chi connectivity index (χ3n) is 4.94. The Morgan fingerprint density at radius 3 is 3.15 bits per heavy atom. The number of likely N-dealkylation sites (tertiary alicyclic amines) is 1. The highest BCUT2D eigenvalue weighted by atomic mass is 16.5. The van der Waals surface area contributed by atoms with Gasteiger partial charge in [-0.05, 0) is 25.3 Å². The van der Waals surface area contributed by atoms with Crippen LogP contribution in [-0.4, -0.2) is 55.5 Å². The lowest BCUT2D eigenvalue weighted by Crippen LogP contribution is -2.40. The summed E-state index contributed by atoms with van der Waals surface area (Å²) in [7, 11) is 0. The Labute approximate surface area is 152 Å². The van der Waals surface area contributed by atoms with Crippen molar-refractivity contribution in [1.29, 1.82) is 0 Å². The Morgan fingerprint density at radius 1 is 1.58 bits per heavy atom. The van der Waals surface area contributed by atoms with Gasteiger partial charge in [0.25, 0.3) is 0 Å². The first kappa shape index (κ1) is 18.3. The van der Waals surface area contributed by atoms with E-state index in [9.17, 15) is 14.8 Å². The van der Waals surface area contributed by atoms with Crippen LogP contribution in [0.5, 0.6) is 0 Å². The summed E-state index contributed by atoms with van der Waals surface area (Å²) in [5.74, 6) is 0.335. The highest BCUT2D eigenvalue weighted by molar-refractivity contribution is 5.80. The standard InChI is InChI=1S/C18H25N5O3/c1-2-3-5-13(11-22(26)12-24)18(25)23-9-4-6-16(23)17-20-14-7-8-19-10-15(14)21-17/h7-8,10,12-13,16,26H,2-6,9,11H2,1H3,(H,20,21)/t13-,16-/m0/s1. The number of pyridine rings is 1. The molecule has 0 bridgehead atoms. The largest absolute Gasteiger partial charge is 0.339 e. The molecule has 8 heteroatoms. The highest BCUT2D eigenvalue weighted by Gasteiger charge is 2.35. The van der Waals surface area contributed by atoms with Crippen molar-refractivity contribution >= 4 is 23.4 Å². The van der Waals surface area contributed by atoms with E-state index < -0.39 is 5.92 Å². The summed E-state index contributed by atoms with van der Waals surface area (Å²) in [5.41, 5.74) is 1.69. The molecule has 1 saturated heterocycles. The second-order valence-electron chi connectivity index (χ2n) is 6.77. The number of hydroxylamine groups is 2. The molecule has 0 aromatic carbocycles. The van der Waals surface area contributed by atoms with Crippen molar-refractivity contribution < 1.29 is 14.8 Å². The number of rotatable bonds is 8. The normalized spacial score (nSPS) is 18.2. The molecule has 26 heavy (non-hydrogen) atoms. The smallest absolute Gasteiger partial charge is 0.233 e. The molecular weight excluding hydrogens is 334 g/mol. The zero-order valence-corrected chi connectivity index (χ0v) is 15.0. The van der Waals surface area contributed by atoms with Crippen LogP contribution in [0.2, 0.25) is 0 Å². The second-order valence-corrected chi connectivity index (χ2v) is 6.77. The van der Waals surface area contributed by atoms with Crippen LogP contribution in [0.4, 0.5) is 0 Å². The molecule has 0 radical (unpaired) electrons. The van der Waals surface area contributed by atoms with Gasteiger partial charge in [0.1, 0.15) is 5.82 Å². The van der Waals surface area contributed by atoms with Crippen molar-refractivity contribution in [3.63, 3.8) is 0 Å². The molecule has 0 saturated carbocycles. The minimum Gasteiger partial charge on any atom is -0.339 e. The maximum Gasteiger partial charge on any atom is 0.233 e. The van der Waals surface area contributed by atoms with Crippen LogP contribution in [0.25, 0.3) is 11.0 Å². The number of hydrogen-bond donors (Lipinski definition) is 2. The molecule has 0 spiro atoms. The lowest BCUT2D eigenvalue weighted by atomic mass is 9.99. The van der Waals surface area contributed by atoms with Gasteiger partial charge in [0.2, 0.25) is 12.3 Å². The van der Waals surface area contributed by atoms with E-state index in [0.717, 1.165) is 42.5 Å². The minimum absolute atomic E-state index is 0.0234. The Kier molecular flexibility index (Phi) is 5.82. The summed E-state index contributed by atoms with van der Waals surface area (Å²) in [6.07, 6.45) is 7.99. The molecular formula is C18H25N5O3. The number of H-pyrrole nitrogens is 1. The van der Waals surface area contributed by atoms with Crippen LogP contribution in [0, 0.1) is 5.92 Å². The van der Waals surface area contributed by atoms with Crippen LogP contribution in [0.3, 0.4) is 0 Å². The molecule has 3 rings (SSSR count). The van der Waals surface area contributed by atoms with Crippen LogP contribution in [-0.2, 0) is 9.59 Å². The molecule has 0 unspecified atom stereocenters. The molecule has 3 heterocycles. The van der Waals surface area contributed by atoms with Gasteiger partial charge in [-0.25, -0.2) is 10.0 Å². The van der Waals surface area contributed by atoms with Crippen LogP contribution < -0.4 is 0 Å². The molecule has 1 fully saturated rings. The molecule has 2 aromatic rings. The van der Waals surface area contributed by atoms with Crippen LogP contribution in [0.1, 0.15) is 50.9 Å². The zero-order chi connectivity index (χ0) is 18.5. The molecule has 140 valence electrons. The van der Waals surface area contributed by atoms with Gasteiger partial charge in [0.15, 0.2) is 0 Å². The zero-order valence-electron chi connectivity index (χ0n) is 15.0. The van der Waals surface area contributed by atoms with Gasteiger partial charge in [0, 0.05) is 12.7 Å². The van der Waals surface area contributed by atoms with Crippen molar-refractivity contribution in [2.75, 3.05) is 13.1 Å². The number of fused-ring (bicyclic) bond motifs is 1. The van der Waals surface area contributed by atoms with Gasteiger partial charge in [-0.3, -0.25) is 19.8 Å². The van der Waals surface area contributed by atoms with Gasteiger partial charge in [0.05, 0.1) is 35.7 Å². The molecule has 2 amide bonds. The number of aromatic nitrogens is 3. The molecule has 2 N–H and O–H groups in total. The Bertz CT molecular complexity index is 729. The topological polar surface area (TPSA) is 102 Å². The summed E-state index contributed by atoms with van der Waals surface area (Å²) >= 11 is 0. The third kappa shape index (κ3) is 3.85. The highest BCUT2D eigenvalue weighted by Crippen LogP contribution is 2.33. The number of hydrogen-bond acceptors (Lipinski definition) is 5. The van der Waals surface area contributed by atoms with Gasteiger partial charge in [-0.15, -0.1) is 0 Å². The maximum atomic E-state index is 13.1. The number of carbonyl (C=O) groups is 2. The van der Waals surface area contributed by atoms with Crippen molar-refractivity contribution in [2.45, 2.75) is 45.1 Å². The Balaban J connectivity index is 1.80. The molecule has 0 aliphatic carbocycles. The van der Waals surface area contributed by atoms with Gasteiger partial charge in [-0.1, -0.05) is 19.8 Å². The lowest BCUT2D eigenvalue weighted by molar-refractivity contribution is -0.157. The van der Waals surface area contributed by atoms with E-state index in [1.54, 1.807) is 12.4 Å². The number of amides is 2. The molecule has 8 nitrogen and oxygen atoms in total. The molecule has 2 atom stereocenters. The predicted molar refractivity (Wildman–Crippen MR) is 95.1 cm³/mol. The first-order chi connectivity index (χ1) is 12.6. The minimum atomic E-state index is -0.406. The average Bonchev–Trinajstić information content (AvgIpc) is 3.30. The average molecular weight is 359 g/mol. The van der Waals surface area contributed by atoms with E-state index in [-0.39, 0.29) is 18.5 Å². The van der Waals surface area contributed by atoms with Crippen LogP contribution in [0.15, 0.2) is 18.5 Å². The number of aromatic amines is 1. The van der Waals surface area contributed by atoms with Crippen molar-refractivity contribution in [3.05, 3.63) is 24.3 Å². The molecule has 1 aliphatic rings. The maximum absolute atomic E-state index is 13.1. The Hall–Kier alpha value is -2.48.